The first-order valence-corrected chi connectivity index (χ1v) is 5.49. The van der Waals surface area contributed by atoms with Gasteiger partial charge in [0.25, 0.3) is 0 Å². The third kappa shape index (κ3) is 5.53. The second kappa shape index (κ2) is 7.00. The summed E-state index contributed by atoms with van der Waals surface area (Å²) < 4.78 is 0. The monoisotopic (exact) mass is 266 g/mol. The first kappa shape index (κ1) is 14.5. The van der Waals surface area contributed by atoms with Gasteiger partial charge in [0.2, 0.25) is 5.91 Å². The van der Waals surface area contributed by atoms with Crippen LogP contribution in [0.4, 0.5) is 5.69 Å². The minimum Gasteiger partial charge on any atom is -0.480 e. The van der Waals surface area contributed by atoms with Gasteiger partial charge in [-0.3, -0.25) is 14.4 Å². The summed E-state index contributed by atoms with van der Waals surface area (Å²) in [6, 6.07) is 8.56. The molecule has 0 radical (unpaired) electrons. The molecular formula is C12H14N2O5. The SMILES string of the molecule is O=C(O)CNC(=O)CN(CC(=O)O)c1ccccc1. The van der Waals surface area contributed by atoms with Crippen LogP contribution < -0.4 is 10.2 Å². The molecule has 19 heavy (non-hydrogen) atoms. The molecule has 0 atom stereocenters. The van der Waals surface area contributed by atoms with Gasteiger partial charge in [0.05, 0.1) is 6.54 Å². The first-order valence-electron chi connectivity index (χ1n) is 5.49. The molecule has 1 aromatic rings. The van der Waals surface area contributed by atoms with Crippen molar-refractivity contribution in [3.05, 3.63) is 30.3 Å². The molecule has 1 aromatic carbocycles. The van der Waals surface area contributed by atoms with Crippen LogP contribution in [0.2, 0.25) is 0 Å². The standard InChI is InChI=1S/C12H14N2O5/c15-10(13-6-11(16)17)7-14(8-12(18)19)9-4-2-1-3-5-9/h1-5H,6-8H2,(H,13,15)(H,16,17)(H,18,19). The Bertz CT molecular complexity index is 460. The molecule has 0 fully saturated rings. The molecule has 0 saturated carbocycles. The van der Waals surface area contributed by atoms with Crippen molar-refractivity contribution in [1.29, 1.82) is 0 Å². The quantitative estimate of drug-likeness (QED) is 0.629. The number of benzene rings is 1. The average molecular weight is 266 g/mol. The first-order chi connectivity index (χ1) is 8.99. The van der Waals surface area contributed by atoms with E-state index in [4.69, 9.17) is 10.2 Å². The predicted octanol–water partition coefficient (Wildman–Crippen LogP) is -0.222. The largest absolute Gasteiger partial charge is 0.480 e. The van der Waals surface area contributed by atoms with E-state index in [-0.39, 0.29) is 13.1 Å². The van der Waals surface area contributed by atoms with Crippen LogP contribution in [0.5, 0.6) is 0 Å². The van der Waals surface area contributed by atoms with Gasteiger partial charge in [-0.25, -0.2) is 0 Å². The summed E-state index contributed by atoms with van der Waals surface area (Å²) in [7, 11) is 0. The molecular weight excluding hydrogens is 252 g/mol. The highest BCUT2D eigenvalue weighted by molar-refractivity contribution is 5.86. The molecule has 0 aliphatic carbocycles. The normalized spacial score (nSPS) is 9.68. The van der Waals surface area contributed by atoms with Crippen LogP contribution in [0.3, 0.4) is 0 Å². The number of hydrogen-bond donors (Lipinski definition) is 3. The molecule has 3 N–H and O–H groups in total. The van der Waals surface area contributed by atoms with Gasteiger partial charge in [0.1, 0.15) is 13.1 Å². The second-order valence-electron chi connectivity index (χ2n) is 3.76. The predicted molar refractivity (Wildman–Crippen MR) is 66.9 cm³/mol. The number of rotatable bonds is 7. The third-order valence-electron chi connectivity index (χ3n) is 2.22. The zero-order valence-corrected chi connectivity index (χ0v) is 10.1. The molecule has 0 bridgehead atoms. The van der Waals surface area contributed by atoms with Crippen LogP contribution in [0, 0.1) is 0 Å². The Hall–Kier alpha value is -2.57. The topological polar surface area (TPSA) is 107 Å². The van der Waals surface area contributed by atoms with Gasteiger partial charge in [-0.15, -0.1) is 0 Å². The van der Waals surface area contributed by atoms with Crippen LogP contribution in [0.1, 0.15) is 0 Å². The van der Waals surface area contributed by atoms with Gasteiger partial charge >= 0.3 is 11.9 Å². The number of para-hydroxylation sites is 1. The van der Waals surface area contributed by atoms with E-state index in [9.17, 15) is 14.4 Å². The maximum Gasteiger partial charge on any atom is 0.323 e. The lowest BCUT2D eigenvalue weighted by atomic mass is 10.3. The molecule has 1 rings (SSSR count). The molecule has 7 nitrogen and oxygen atoms in total. The lowest BCUT2D eigenvalue weighted by molar-refractivity contribution is -0.138. The summed E-state index contributed by atoms with van der Waals surface area (Å²) in [6.45, 7) is -1.05. The molecule has 0 saturated heterocycles. The molecule has 102 valence electrons. The van der Waals surface area contributed by atoms with Crippen LogP contribution >= 0.6 is 0 Å². The Labute approximate surface area is 109 Å². The van der Waals surface area contributed by atoms with Gasteiger partial charge in [0.15, 0.2) is 0 Å². The number of carboxylic acids is 2. The van der Waals surface area contributed by atoms with Crippen molar-refractivity contribution in [1.82, 2.24) is 5.32 Å². The minimum absolute atomic E-state index is 0.219. The van der Waals surface area contributed by atoms with Crippen molar-refractivity contribution in [2.24, 2.45) is 0 Å². The number of carboxylic acid groups (broad SMARTS) is 2. The maximum absolute atomic E-state index is 11.5. The summed E-state index contributed by atoms with van der Waals surface area (Å²) in [5, 5.41) is 19.4. The van der Waals surface area contributed by atoms with Crippen LogP contribution in [0.15, 0.2) is 30.3 Å². The molecule has 0 aromatic heterocycles. The van der Waals surface area contributed by atoms with E-state index < -0.39 is 24.4 Å². The molecule has 0 aliphatic rings. The molecule has 1 amide bonds. The fourth-order valence-corrected chi connectivity index (χ4v) is 1.44. The highest BCUT2D eigenvalue weighted by atomic mass is 16.4. The highest BCUT2D eigenvalue weighted by Crippen LogP contribution is 2.12. The minimum atomic E-state index is -1.15. The van der Waals surface area contributed by atoms with Crippen molar-refractivity contribution >= 4 is 23.5 Å². The number of carbonyl (C=O) groups is 3. The molecule has 0 spiro atoms. The van der Waals surface area contributed by atoms with Crippen LogP contribution in [-0.4, -0.2) is 47.7 Å². The fraction of sp³-hybridized carbons (Fsp3) is 0.250. The van der Waals surface area contributed by atoms with Crippen molar-refractivity contribution < 1.29 is 24.6 Å². The summed E-state index contributed by atoms with van der Waals surface area (Å²) in [4.78, 5) is 33.9. The Morgan fingerprint density at radius 3 is 2.16 bits per heavy atom. The Balaban J connectivity index is 2.67. The van der Waals surface area contributed by atoms with Gasteiger partial charge in [-0.05, 0) is 12.1 Å². The van der Waals surface area contributed by atoms with Crippen molar-refractivity contribution in [2.75, 3.05) is 24.5 Å². The molecule has 0 unspecified atom stereocenters. The number of amides is 1. The highest BCUT2D eigenvalue weighted by Gasteiger charge is 2.14. The third-order valence-corrected chi connectivity index (χ3v) is 2.22. The molecule has 7 heteroatoms. The van der Waals surface area contributed by atoms with E-state index in [2.05, 4.69) is 5.32 Å². The lowest BCUT2D eigenvalue weighted by Gasteiger charge is -2.21. The van der Waals surface area contributed by atoms with Crippen LogP contribution in [0.25, 0.3) is 0 Å². The van der Waals surface area contributed by atoms with E-state index >= 15 is 0 Å². The Morgan fingerprint density at radius 2 is 1.63 bits per heavy atom. The summed E-state index contributed by atoms with van der Waals surface area (Å²) in [6.07, 6.45) is 0. The number of carbonyl (C=O) groups excluding carboxylic acids is 1. The molecule has 0 aliphatic heterocycles. The zero-order valence-electron chi connectivity index (χ0n) is 10.1. The number of nitrogens with one attached hydrogen (secondary N) is 1. The van der Waals surface area contributed by atoms with Crippen molar-refractivity contribution in [3.8, 4) is 0 Å². The van der Waals surface area contributed by atoms with Gasteiger partial charge < -0.3 is 20.4 Å². The number of hydrogen-bond acceptors (Lipinski definition) is 4. The van der Waals surface area contributed by atoms with Crippen molar-refractivity contribution in [2.45, 2.75) is 0 Å². The average Bonchev–Trinajstić information content (AvgIpc) is 2.36. The zero-order chi connectivity index (χ0) is 14.3. The van der Waals surface area contributed by atoms with E-state index in [1.54, 1.807) is 30.3 Å². The van der Waals surface area contributed by atoms with Gasteiger partial charge in [-0.1, -0.05) is 18.2 Å². The number of aliphatic carboxylic acids is 2. The van der Waals surface area contributed by atoms with E-state index in [1.165, 1.54) is 4.90 Å². The Morgan fingerprint density at radius 1 is 1.00 bits per heavy atom. The number of nitrogens with zero attached hydrogens (tertiary/aromatic N) is 1. The van der Waals surface area contributed by atoms with E-state index in [1.807, 2.05) is 0 Å². The summed E-state index contributed by atoms with van der Waals surface area (Å²) in [5.41, 5.74) is 0.579. The maximum atomic E-state index is 11.5. The van der Waals surface area contributed by atoms with E-state index in [0.29, 0.717) is 5.69 Å². The van der Waals surface area contributed by atoms with Crippen molar-refractivity contribution in [3.63, 3.8) is 0 Å². The van der Waals surface area contributed by atoms with Gasteiger partial charge in [0, 0.05) is 5.69 Å². The molecule has 0 heterocycles. The van der Waals surface area contributed by atoms with Crippen LogP contribution in [-0.2, 0) is 14.4 Å². The van der Waals surface area contributed by atoms with Gasteiger partial charge in [-0.2, -0.15) is 0 Å². The summed E-state index contributed by atoms with van der Waals surface area (Å²) in [5.74, 6) is -2.78. The fourth-order valence-electron chi connectivity index (χ4n) is 1.44. The Kier molecular flexibility index (Phi) is 5.34. The lowest BCUT2D eigenvalue weighted by Crippen LogP contribution is -2.41. The smallest absolute Gasteiger partial charge is 0.323 e. The number of anilines is 1. The van der Waals surface area contributed by atoms with E-state index in [0.717, 1.165) is 0 Å². The summed E-state index contributed by atoms with van der Waals surface area (Å²) >= 11 is 0. The second-order valence-corrected chi connectivity index (χ2v) is 3.76.